The van der Waals surface area contributed by atoms with Crippen molar-refractivity contribution >= 4 is 10.0 Å². The van der Waals surface area contributed by atoms with Gasteiger partial charge in [-0.05, 0) is 27.2 Å². The lowest BCUT2D eigenvalue weighted by molar-refractivity contribution is 0.239. The molecule has 1 atom stereocenters. The number of hydrogen-bond donors (Lipinski definition) is 1. The molecule has 1 unspecified atom stereocenters. The van der Waals surface area contributed by atoms with E-state index in [1.54, 1.807) is 20.2 Å². The number of nitrogens with zero attached hydrogens (tertiary/aromatic N) is 3. The molecule has 2 N–H and O–H groups in total. The molecular formula is C12H24N4O2S. The van der Waals surface area contributed by atoms with Crippen LogP contribution in [-0.4, -0.2) is 41.4 Å². The molecule has 0 radical (unpaired) electrons. The lowest BCUT2D eigenvalue weighted by Gasteiger charge is -2.35. The first-order valence-corrected chi connectivity index (χ1v) is 7.89. The molecule has 0 aliphatic rings. The zero-order valence-corrected chi connectivity index (χ0v) is 13.2. The van der Waals surface area contributed by atoms with Crippen LogP contribution in [-0.2, 0) is 16.6 Å². The zero-order valence-electron chi connectivity index (χ0n) is 12.3. The normalized spacial score (nSPS) is 15.7. The lowest BCUT2D eigenvalue weighted by Crippen LogP contribution is -2.51. The lowest BCUT2D eigenvalue weighted by atomic mass is 10.00. The molecule has 0 fully saturated rings. The van der Waals surface area contributed by atoms with E-state index in [0.717, 1.165) is 0 Å². The maximum absolute atomic E-state index is 12.6. The molecule has 0 saturated heterocycles. The Balaban J connectivity index is 3.23. The minimum Gasteiger partial charge on any atom is -0.334 e. The van der Waals surface area contributed by atoms with Crippen molar-refractivity contribution in [1.29, 1.82) is 0 Å². The van der Waals surface area contributed by atoms with Crippen LogP contribution >= 0.6 is 0 Å². The predicted molar refractivity (Wildman–Crippen MR) is 75.3 cm³/mol. The number of rotatable bonds is 6. The molecule has 0 aliphatic heterocycles. The van der Waals surface area contributed by atoms with E-state index in [1.807, 2.05) is 25.3 Å². The van der Waals surface area contributed by atoms with Crippen molar-refractivity contribution in [2.75, 3.05) is 13.6 Å². The first kappa shape index (κ1) is 16.1. The Labute approximate surface area is 115 Å². The Morgan fingerprint density at radius 3 is 2.42 bits per heavy atom. The van der Waals surface area contributed by atoms with Crippen molar-refractivity contribution < 1.29 is 8.42 Å². The van der Waals surface area contributed by atoms with E-state index in [0.29, 0.717) is 18.8 Å². The van der Waals surface area contributed by atoms with Crippen LogP contribution < -0.4 is 5.73 Å². The van der Waals surface area contributed by atoms with Crippen LogP contribution in [0.5, 0.6) is 0 Å². The van der Waals surface area contributed by atoms with Crippen LogP contribution in [0.25, 0.3) is 0 Å². The van der Waals surface area contributed by atoms with E-state index in [4.69, 9.17) is 5.73 Å². The van der Waals surface area contributed by atoms with Crippen molar-refractivity contribution in [3.05, 3.63) is 12.0 Å². The number of aromatic nitrogens is 2. The Hall–Kier alpha value is -0.920. The van der Waals surface area contributed by atoms with Gasteiger partial charge in [0, 0.05) is 31.9 Å². The molecule has 19 heavy (non-hydrogen) atoms. The summed E-state index contributed by atoms with van der Waals surface area (Å²) in [5, 5.41) is 0.0856. The monoisotopic (exact) mass is 288 g/mol. The molecule has 1 aromatic rings. The molecule has 1 rings (SSSR count). The molecule has 1 aromatic heterocycles. The number of nitrogens with two attached hydrogens (primary N) is 1. The highest BCUT2D eigenvalue weighted by atomic mass is 32.2. The Morgan fingerprint density at radius 1 is 1.47 bits per heavy atom. The van der Waals surface area contributed by atoms with Gasteiger partial charge in [-0.2, -0.15) is 4.31 Å². The van der Waals surface area contributed by atoms with Gasteiger partial charge >= 0.3 is 0 Å². The molecule has 0 amide bonds. The molecule has 0 saturated carbocycles. The van der Waals surface area contributed by atoms with Gasteiger partial charge in [0.15, 0.2) is 5.03 Å². The van der Waals surface area contributed by atoms with Gasteiger partial charge in [-0.1, -0.05) is 6.92 Å². The van der Waals surface area contributed by atoms with Gasteiger partial charge < -0.3 is 10.3 Å². The molecule has 0 aromatic carbocycles. The SMILES string of the molecule is CCn1cc(S(=O)(=O)N(C)C(C)(CC)CN)nc1C. The summed E-state index contributed by atoms with van der Waals surface area (Å²) in [6.07, 6.45) is 2.22. The minimum atomic E-state index is -3.61. The Kier molecular flexibility index (Phi) is 4.76. The standard InChI is InChI=1S/C12H24N4O2S/c1-6-12(4,9-13)15(5)19(17,18)11-8-16(7-2)10(3)14-11/h8H,6-7,9,13H2,1-5H3. The second-order valence-electron chi connectivity index (χ2n) is 4.94. The van der Waals surface area contributed by atoms with E-state index in [-0.39, 0.29) is 11.6 Å². The average molecular weight is 288 g/mol. The molecule has 0 aliphatic carbocycles. The largest absolute Gasteiger partial charge is 0.334 e. The van der Waals surface area contributed by atoms with E-state index >= 15 is 0 Å². The van der Waals surface area contributed by atoms with Gasteiger partial charge in [0.05, 0.1) is 0 Å². The number of hydrogen-bond acceptors (Lipinski definition) is 4. The third kappa shape index (κ3) is 2.82. The van der Waals surface area contributed by atoms with Crippen LogP contribution in [0, 0.1) is 6.92 Å². The summed E-state index contributed by atoms with van der Waals surface area (Å²) in [7, 11) is -2.05. The molecular weight excluding hydrogens is 264 g/mol. The molecule has 7 heteroatoms. The van der Waals surface area contributed by atoms with Gasteiger partial charge in [0.1, 0.15) is 5.82 Å². The number of sulfonamides is 1. The maximum Gasteiger partial charge on any atom is 0.262 e. The number of imidazole rings is 1. The summed E-state index contributed by atoms with van der Waals surface area (Å²) in [5.74, 6) is 0.695. The van der Waals surface area contributed by atoms with Crippen molar-refractivity contribution in [3.63, 3.8) is 0 Å². The van der Waals surface area contributed by atoms with Crippen LogP contribution in [0.15, 0.2) is 11.2 Å². The van der Waals surface area contributed by atoms with Crippen molar-refractivity contribution in [2.45, 2.75) is 51.2 Å². The quantitative estimate of drug-likeness (QED) is 0.845. The average Bonchev–Trinajstić information content (AvgIpc) is 2.78. The van der Waals surface area contributed by atoms with E-state index < -0.39 is 15.6 Å². The maximum atomic E-state index is 12.6. The van der Waals surface area contributed by atoms with Gasteiger partial charge in [-0.25, -0.2) is 13.4 Å². The van der Waals surface area contributed by atoms with Gasteiger partial charge in [-0.3, -0.25) is 0 Å². The van der Waals surface area contributed by atoms with Crippen LogP contribution in [0.1, 0.15) is 33.0 Å². The Morgan fingerprint density at radius 2 is 2.05 bits per heavy atom. The smallest absolute Gasteiger partial charge is 0.262 e. The van der Waals surface area contributed by atoms with Crippen molar-refractivity contribution in [1.82, 2.24) is 13.9 Å². The number of aryl methyl sites for hydroxylation is 2. The van der Waals surface area contributed by atoms with Crippen molar-refractivity contribution in [3.8, 4) is 0 Å². The third-order valence-corrected chi connectivity index (χ3v) is 5.77. The van der Waals surface area contributed by atoms with Gasteiger partial charge in [0.25, 0.3) is 10.0 Å². The summed E-state index contributed by atoms with van der Waals surface area (Å²) in [4.78, 5) is 4.15. The zero-order chi connectivity index (χ0) is 14.8. The summed E-state index contributed by atoms with van der Waals surface area (Å²) >= 11 is 0. The van der Waals surface area contributed by atoms with Crippen LogP contribution in [0.2, 0.25) is 0 Å². The molecule has 0 spiro atoms. The summed E-state index contributed by atoms with van der Waals surface area (Å²) in [5.41, 5.74) is 5.13. The minimum absolute atomic E-state index is 0.0856. The Bertz CT molecular complexity index is 532. The summed E-state index contributed by atoms with van der Waals surface area (Å²) in [6, 6.07) is 0. The van der Waals surface area contributed by atoms with E-state index in [2.05, 4.69) is 4.98 Å². The van der Waals surface area contributed by atoms with Crippen LogP contribution in [0.3, 0.4) is 0 Å². The first-order chi connectivity index (χ1) is 8.72. The summed E-state index contributed by atoms with van der Waals surface area (Å²) < 4.78 is 28.3. The third-order valence-electron chi connectivity index (χ3n) is 3.88. The van der Waals surface area contributed by atoms with E-state index in [1.165, 1.54) is 4.31 Å². The topological polar surface area (TPSA) is 81.2 Å². The number of likely N-dealkylation sites (N-methyl/N-ethyl adjacent to an activating group) is 1. The highest BCUT2D eigenvalue weighted by molar-refractivity contribution is 7.89. The van der Waals surface area contributed by atoms with Crippen LogP contribution in [0.4, 0.5) is 0 Å². The predicted octanol–water partition coefficient (Wildman–Crippen LogP) is 0.959. The van der Waals surface area contributed by atoms with Gasteiger partial charge in [-0.15, -0.1) is 0 Å². The van der Waals surface area contributed by atoms with E-state index in [9.17, 15) is 8.42 Å². The fraction of sp³-hybridized carbons (Fsp3) is 0.750. The first-order valence-electron chi connectivity index (χ1n) is 6.45. The summed E-state index contributed by atoms with van der Waals surface area (Å²) in [6.45, 7) is 8.48. The molecule has 6 nitrogen and oxygen atoms in total. The second kappa shape index (κ2) is 5.60. The molecule has 0 bridgehead atoms. The molecule has 1 heterocycles. The highest BCUT2D eigenvalue weighted by Crippen LogP contribution is 2.24. The van der Waals surface area contributed by atoms with Crippen molar-refractivity contribution in [2.24, 2.45) is 5.73 Å². The fourth-order valence-electron chi connectivity index (χ4n) is 1.85. The molecule has 110 valence electrons. The second-order valence-corrected chi connectivity index (χ2v) is 6.86. The highest BCUT2D eigenvalue weighted by Gasteiger charge is 2.36. The fourth-order valence-corrected chi connectivity index (χ4v) is 3.42. The van der Waals surface area contributed by atoms with Gasteiger partial charge in [0.2, 0.25) is 0 Å².